The lowest BCUT2D eigenvalue weighted by atomic mass is 10.1. The molecule has 0 saturated carbocycles. The molecule has 0 aliphatic rings. The van der Waals surface area contributed by atoms with E-state index in [1.807, 2.05) is 38.1 Å². The van der Waals surface area contributed by atoms with E-state index in [9.17, 15) is 0 Å². The van der Waals surface area contributed by atoms with Crippen molar-refractivity contribution in [3.63, 3.8) is 0 Å². The Labute approximate surface area is 85.5 Å². The predicted octanol–water partition coefficient (Wildman–Crippen LogP) is 1.48. The van der Waals surface area contributed by atoms with Crippen LogP contribution in [0.3, 0.4) is 0 Å². The lowest BCUT2D eigenvalue weighted by molar-refractivity contribution is 0.558. The van der Waals surface area contributed by atoms with E-state index in [4.69, 9.17) is 0 Å². The highest BCUT2D eigenvalue weighted by Crippen LogP contribution is 2.16. The number of nitrogens with zero attached hydrogens (tertiary/aromatic N) is 2. The smallest absolute Gasteiger partial charge is 0.0537 e. The molecule has 3 nitrogen and oxygen atoms in total. The minimum Gasteiger partial charge on any atom is -0.313 e. The summed E-state index contributed by atoms with van der Waals surface area (Å²) in [4.78, 5) is 0. The third-order valence-electron chi connectivity index (χ3n) is 2.21. The van der Waals surface area contributed by atoms with Gasteiger partial charge >= 0.3 is 0 Å². The Morgan fingerprint density at radius 2 is 2.43 bits per heavy atom. The van der Waals surface area contributed by atoms with Gasteiger partial charge in [0, 0.05) is 31.3 Å². The maximum absolute atomic E-state index is 4.15. The zero-order chi connectivity index (χ0) is 10.4. The van der Waals surface area contributed by atoms with Gasteiger partial charge in [-0.05, 0) is 20.4 Å². The Hall–Kier alpha value is -1.27. The van der Waals surface area contributed by atoms with Crippen molar-refractivity contribution < 1.29 is 0 Å². The van der Waals surface area contributed by atoms with Gasteiger partial charge in [-0.3, -0.25) is 4.68 Å². The van der Waals surface area contributed by atoms with Crippen LogP contribution >= 0.6 is 0 Å². The summed E-state index contributed by atoms with van der Waals surface area (Å²) in [6.45, 7) is 1.87. The monoisotopic (exact) mass is 191 g/mol. The molecule has 0 aliphatic carbocycles. The van der Waals surface area contributed by atoms with Crippen LogP contribution in [0.25, 0.3) is 0 Å². The molecule has 14 heavy (non-hydrogen) atoms. The standard InChI is InChI=1S/C11H17N3/c1-4-5-6-7-11(12-2)10-8-13-14(3)9-10/h8-9,11-12H,6-7H2,1-3H3. The van der Waals surface area contributed by atoms with Crippen LogP contribution in [0.15, 0.2) is 12.4 Å². The molecule has 76 valence electrons. The van der Waals surface area contributed by atoms with Crippen LogP contribution in [-0.4, -0.2) is 16.8 Å². The van der Waals surface area contributed by atoms with Crippen molar-refractivity contribution >= 4 is 0 Å². The number of rotatable bonds is 4. The first-order valence-electron chi connectivity index (χ1n) is 4.83. The van der Waals surface area contributed by atoms with E-state index >= 15 is 0 Å². The van der Waals surface area contributed by atoms with E-state index in [1.165, 1.54) is 5.56 Å². The molecule has 0 fully saturated rings. The number of hydrogen-bond donors (Lipinski definition) is 1. The van der Waals surface area contributed by atoms with Crippen LogP contribution in [0, 0.1) is 11.8 Å². The van der Waals surface area contributed by atoms with Crippen LogP contribution in [0.5, 0.6) is 0 Å². The van der Waals surface area contributed by atoms with Crippen molar-refractivity contribution in [3.05, 3.63) is 18.0 Å². The van der Waals surface area contributed by atoms with Crippen molar-refractivity contribution in [2.24, 2.45) is 7.05 Å². The highest BCUT2D eigenvalue weighted by molar-refractivity contribution is 5.10. The third kappa shape index (κ3) is 2.90. The normalized spacial score (nSPS) is 11.9. The number of aromatic nitrogens is 2. The predicted molar refractivity (Wildman–Crippen MR) is 57.7 cm³/mol. The number of nitrogens with one attached hydrogen (secondary N) is 1. The molecule has 1 atom stereocenters. The second-order valence-corrected chi connectivity index (χ2v) is 3.25. The fourth-order valence-corrected chi connectivity index (χ4v) is 1.44. The highest BCUT2D eigenvalue weighted by atomic mass is 15.2. The van der Waals surface area contributed by atoms with Gasteiger partial charge in [-0.15, -0.1) is 11.8 Å². The van der Waals surface area contributed by atoms with Crippen LogP contribution < -0.4 is 5.32 Å². The van der Waals surface area contributed by atoms with Gasteiger partial charge in [0.15, 0.2) is 0 Å². The maximum atomic E-state index is 4.15. The van der Waals surface area contributed by atoms with Crippen LogP contribution in [0.1, 0.15) is 31.4 Å². The summed E-state index contributed by atoms with van der Waals surface area (Å²) in [5.41, 5.74) is 1.23. The summed E-state index contributed by atoms with van der Waals surface area (Å²) in [6, 6.07) is 0.365. The molecule has 0 bridgehead atoms. The Bertz CT molecular complexity index is 330. The number of hydrogen-bond acceptors (Lipinski definition) is 2. The molecule has 1 heterocycles. The lowest BCUT2D eigenvalue weighted by Gasteiger charge is -2.11. The van der Waals surface area contributed by atoms with Gasteiger partial charge < -0.3 is 5.32 Å². The summed E-state index contributed by atoms with van der Waals surface area (Å²) in [5.74, 6) is 5.98. The molecule has 1 N–H and O–H groups in total. The fraction of sp³-hybridized carbons (Fsp3) is 0.545. The number of aryl methyl sites for hydroxylation is 1. The van der Waals surface area contributed by atoms with E-state index in [2.05, 4.69) is 22.3 Å². The topological polar surface area (TPSA) is 29.9 Å². The summed E-state index contributed by atoms with van der Waals surface area (Å²) in [7, 11) is 3.90. The van der Waals surface area contributed by atoms with Crippen molar-refractivity contribution in [2.75, 3.05) is 7.05 Å². The van der Waals surface area contributed by atoms with Crippen LogP contribution in [0.2, 0.25) is 0 Å². The largest absolute Gasteiger partial charge is 0.313 e. The highest BCUT2D eigenvalue weighted by Gasteiger charge is 2.09. The molecule has 1 aromatic rings. The molecular weight excluding hydrogens is 174 g/mol. The first kappa shape index (κ1) is 10.8. The minimum absolute atomic E-state index is 0.365. The molecule has 0 saturated heterocycles. The maximum Gasteiger partial charge on any atom is 0.0537 e. The first-order valence-corrected chi connectivity index (χ1v) is 4.83. The lowest BCUT2D eigenvalue weighted by Crippen LogP contribution is -2.15. The zero-order valence-electron chi connectivity index (χ0n) is 9.04. The molecular formula is C11H17N3. The molecule has 1 unspecified atom stereocenters. The van der Waals surface area contributed by atoms with Gasteiger partial charge in [-0.2, -0.15) is 5.10 Å². The first-order chi connectivity index (χ1) is 6.77. The molecule has 0 spiro atoms. The Balaban J connectivity index is 2.56. The third-order valence-corrected chi connectivity index (χ3v) is 2.21. The Morgan fingerprint density at radius 3 is 2.93 bits per heavy atom. The molecule has 1 aromatic heterocycles. The summed E-state index contributed by atoms with van der Waals surface area (Å²) >= 11 is 0. The summed E-state index contributed by atoms with van der Waals surface area (Å²) < 4.78 is 1.82. The minimum atomic E-state index is 0.365. The van der Waals surface area contributed by atoms with Crippen LogP contribution in [-0.2, 0) is 7.05 Å². The average Bonchev–Trinajstić information content (AvgIpc) is 2.60. The zero-order valence-corrected chi connectivity index (χ0v) is 9.04. The second-order valence-electron chi connectivity index (χ2n) is 3.25. The molecule has 0 aromatic carbocycles. The Kier molecular flexibility index (Phi) is 4.21. The van der Waals surface area contributed by atoms with Crippen LogP contribution in [0.4, 0.5) is 0 Å². The van der Waals surface area contributed by atoms with E-state index in [-0.39, 0.29) is 0 Å². The van der Waals surface area contributed by atoms with E-state index in [0.717, 1.165) is 12.8 Å². The second kappa shape index (κ2) is 5.46. The van der Waals surface area contributed by atoms with Gasteiger partial charge in [0.05, 0.1) is 6.20 Å². The van der Waals surface area contributed by atoms with Crippen molar-refractivity contribution in [1.82, 2.24) is 15.1 Å². The average molecular weight is 191 g/mol. The Morgan fingerprint density at radius 1 is 1.64 bits per heavy atom. The molecule has 0 aliphatic heterocycles. The van der Waals surface area contributed by atoms with Crippen molar-refractivity contribution in [1.29, 1.82) is 0 Å². The van der Waals surface area contributed by atoms with Crippen molar-refractivity contribution in [2.45, 2.75) is 25.8 Å². The van der Waals surface area contributed by atoms with Gasteiger partial charge in [0.25, 0.3) is 0 Å². The van der Waals surface area contributed by atoms with Gasteiger partial charge in [0.1, 0.15) is 0 Å². The van der Waals surface area contributed by atoms with Gasteiger partial charge in [-0.25, -0.2) is 0 Å². The van der Waals surface area contributed by atoms with E-state index in [0.29, 0.717) is 6.04 Å². The molecule has 0 amide bonds. The molecule has 1 rings (SSSR count). The summed E-state index contributed by atoms with van der Waals surface area (Å²) in [5, 5.41) is 7.42. The van der Waals surface area contributed by atoms with Gasteiger partial charge in [-0.1, -0.05) is 0 Å². The summed E-state index contributed by atoms with van der Waals surface area (Å²) in [6.07, 6.45) is 5.90. The quantitative estimate of drug-likeness (QED) is 0.731. The van der Waals surface area contributed by atoms with Crippen molar-refractivity contribution in [3.8, 4) is 11.8 Å². The SMILES string of the molecule is CC#CCCC(NC)c1cnn(C)c1. The van der Waals surface area contributed by atoms with E-state index < -0.39 is 0 Å². The van der Waals surface area contributed by atoms with Gasteiger partial charge in [0.2, 0.25) is 0 Å². The fourth-order valence-electron chi connectivity index (χ4n) is 1.44. The van der Waals surface area contributed by atoms with E-state index in [1.54, 1.807) is 0 Å². The molecule has 3 heteroatoms. The molecule has 0 radical (unpaired) electrons.